The molecule has 162 valence electrons. The van der Waals surface area contributed by atoms with Crippen molar-refractivity contribution in [1.82, 2.24) is 14.5 Å². The van der Waals surface area contributed by atoms with Crippen LogP contribution in [0.5, 0.6) is 0 Å². The number of carbonyl (C=O) groups excluding carboxylic acids is 1. The average molecular weight is 441 g/mol. The molecule has 0 N–H and O–H groups in total. The van der Waals surface area contributed by atoms with E-state index in [1.165, 1.54) is 37.2 Å². The monoisotopic (exact) mass is 440 g/mol. The van der Waals surface area contributed by atoms with Gasteiger partial charge in [0.05, 0.1) is 22.2 Å². The van der Waals surface area contributed by atoms with Crippen LogP contribution in [0.25, 0.3) is 11.3 Å². The van der Waals surface area contributed by atoms with Gasteiger partial charge in [-0.15, -0.1) is 0 Å². The van der Waals surface area contributed by atoms with E-state index in [0.29, 0.717) is 5.02 Å². The standard InChI is InChI=1S/C21H24ClF3N4O/c1-12(2)29-17(19(30)28(6)11-20(4,5)10-26)16(13(3)18(29)21(23,24)25)15-8-7-14(22)9-27-15/h7-9,12H,11H2,1-6H3. The molecule has 2 aromatic heterocycles. The molecule has 2 heterocycles. The van der Waals surface area contributed by atoms with Crippen molar-refractivity contribution in [2.75, 3.05) is 13.6 Å². The lowest BCUT2D eigenvalue weighted by Crippen LogP contribution is -2.37. The highest BCUT2D eigenvalue weighted by Crippen LogP contribution is 2.42. The molecule has 0 saturated carbocycles. The molecular formula is C21H24ClF3N4O. The van der Waals surface area contributed by atoms with Crippen LogP contribution < -0.4 is 0 Å². The van der Waals surface area contributed by atoms with Gasteiger partial charge in [0.15, 0.2) is 0 Å². The summed E-state index contributed by atoms with van der Waals surface area (Å²) in [5.74, 6) is -0.614. The van der Waals surface area contributed by atoms with Crippen LogP contribution in [-0.2, 0) is 6.18 Å². The minimum atomic E-state index is -4.67. The van der Waals surface area contributed by atoms with Crippen LogP contribution in [0.2, 0.25) is 5.02 Å². The van der Waals surface area contributed by atoms with E-state index in [0.717, 1.165) is 4.57 Å². The van der Waals surface area contributed by atoms with Crippen molar-refractivity contribution in [2.24, 2.45) is 5.41 Å². The van der Waals surface area contributed by atoms with Crippen LogP contribution >= 0.6 is 11.6 Å². The van der Waals surface area contributed by atoms with Crippen molar-refractivity contribution in [1.29, 1.82) is 5.26 Å². The second-order valence-electron chi connectivity index (χ2n) is 8.18. The number of carbonyl (C=O) groups is 1. The molecule has 0 fully saturated rings. The highest BCUT2D eigenvalue weighted by Gasteiger charge is 2.42. The lowest BCUT2D eigenvalue weighted by Gasteiger charge is -2.26. The quantitative estimate of drug-likeness (QED) is 0.596. The first-order valence-corrected chi connectivity index (χ1v) is 9.69. The van der Waals surface area contributed by atoms with E-state index in [-0.39, 0.29) is 29.1 Å². The van der Waals surface area contributed by atoms with Crippen LogP contribution in [0.1, 0.15) is 55.5 Å². The van der Waals surface area contributed by atoms with Gasteiger partial charge in [-0.05, 0) is 52.3 Å². The van der Waals surface area contributed by atoms with Gasteiger partial charge in [0.1, 0.15) is 11.4 Å². The van der Waals surface area contributed by atoms with Crippen molar-refractivity contribution in [3.8, 4) is 17.3 Å². The number of pyridine rings is 1. The molecule has 0 aliphatic carbocycles. The maximum Gasteiger partial charge on any atom is 0.431 e. The fourth-order valence-corrected chi connectivity index (χ4v) is 3.61. The van der Waals surface area contributed by atoms with E-state index in [4.69, 9.17) is 11.6 Å². The number of hydrogen-bond donors (Lipinski definition) is 0. The Morgan fingerprint density at radius 2 is 1.93 bits per heavy atom. The fourth-order valence-electron chi connectivity index (χ4n) is 3.50. The summed E-state index contributed by atoms with van der Waals surface area (Å²) in [6.07, 6.45) is -3.34. The topological polar surface area (TPSA) is 61.9 Å². The first-order valence-electron chi connectivity index (χ1n) is 9.32. The number of nitrogens with zero attached hydrogens (tertiary/aromatic N) is 4. The zero-order chi connectivity index (χ0) is 23.0. The molecule has 0 saturated heterocycles. The first kappa shape index (κ1) is 23.7. The van der Waals surface area contributed by atoms with Crippen molar-refractivity contribution < 1.29 is 18.0 Å². The molecular weight excluding hydrogens is 417 g/mol. The van der Waals surface area contributed by atoms with Crippen LogP contribution in [0.3, 0.4) is 0 Å². The smallest absolute Gasteiger partial charge is 0.339 e. The van der Waals surface area contributed by atoms with Gasteiger partial charge in [-0.1, -0.05) is 11.6 Å². The molecule has 1 amide bonds. The van der Waals surface area contributed by atoms with Gasteiger partial charge >= 0.3 is 6.18 Å². The molecule has 0 bridgehead atoms. The minimum Gasteiger partial charge on any atom is -0.339 e. The van der Waals surface area contributed by atoms with Gasteiger partial charge in [-0.25, -0.2) is 0 Å². The highest BCUT2D eigenvalue weighted by atomic mass is 35.5. The van der Waals surface area contributed by atoms with Gasteiger partial charge in [0.2, 0.25) is 0 Å². The van der Waals surface area contributed by atoms with Gasteiger partial charge in [-0.2, -0.15) is 18.4 Å². The summed E-state index contributed by atoms with van der Waals surface area (Å²) in [6.45, 7) is 7.88. The molecule has 0 atom stereocenters. The molecule has 0 radical (unpaired) electrons. The lowest BCUT2D eigenvalue weighted by atomic mass is 9.95. The summed E-state index contributed by atoms with van der Waals surface area (Å²) in [7, 11) is 1.47. The molecule has 30 heavy (non-hydrogen) atoms. The summed E-state index contributed by atoms with van der Waals surface area (Å²) in [5.41, 5.74) is -1.61. The zero-order valence-electron chi connectivity index (χ0n) is 17.7. The van der Waals surface area contributed by atoms with Crippen LogP contribution in [-0.4, -0.2) is 34.0 Å². The number of nitriles is 1. The molecule has 0 aliphatic rings. The first-order chi connectivity index (χ1) is 13.7. The molecule has 2 rings (SSSR count). The number of alkyl halides is 3. The maximum absolute atomic E-state index is 14.0. The summed E-state index contributed by atoms with van der Waals surface area (Å²) < 4.78 is 43.0. The SMILES string of the molecule is Cc1c(-c2ccc(Cl)cn2)c(C(=O)N(C)CC(C)(C)C#N)n(C(C)C)c1C(F)(F)F. The van der Waals surface area contributed by atoms with Gasteiger partial charge < -0.3 is 9.47 Å². The Balaban J connectivity index is 2.83. The van der Waals surface area contributed by atoms with E-state index in [2.05, 4.69) is 11.1 Å². The second kappa shape index (κ2) is 8.31. The predicted octanol–water partition coefficient (Wildman–Crippen LogP) is 5.73. The molecule has 0 unspecified atom stereocenters. The summed E-state index contributed by atoms with van der Waals surface area (Å²) >= 11 is 5.89. The van der Waals surface area contributed by atoms with E-state index >= 15 is 0 Å². The molecule has 2 aromatic rings. The molecule has 0 aliphatic heterocycles. The normalized spacial score (nSPS) is 12.2. The molecule has 5 nitrogen and oxygen atoms in total. The number of rotatable bonds is 5. The third-order valence-electron chi connectivity index (χ3n) is 4.70. The van der Waals surface area contributed by atoms with E-state index < -0.39 is 29.2 Å². The van der Waals surface area contributed by atoms with E-state index in [1.54, 1.807) is 27.7 Å². The van der Waals surface area contributed by atoms with Crippen molar-refractivity contribution in [2.45, 2.75) is 46.8 Å². The molecule has 0 spiro atoms. The van der Waals surface area contributed by atoms with Crippen molar-refractivity contribution >= 4 is 17.5 Å². The Labute approximate surface area is 179 Å². The number of amides is 1. The van der Waals surface area contributed by atoms with E-state index in [9.17, 15) is 23.2 Å². The van der Waals surface area contributed by atoms with E-state index in [1.807, 2.05) is 0 Å². The summed E-state index contributed by atoms with van der Waals surface area (Å²) in [6, 6.07) is 4.47. The number of hydrogen-bond acceptors (Lipinski definition) is 3. The average Bonchev–Trinajstić information content (AvgIpc) is 2.95. The van der Waals surface area contributed by atoms with Gasteiger partial charge in [0.25, 0.3) is 5.91 Å². The van der Waals surface area contributed by atoms with Gasteiger partial charge in [0, 0.05) is 31.4 Å². The van der Waals surface area contributed by atoms with Crippen LogP contribution in [0.4, 0.5) is 13.2 Å². The molecule has 9 heteroatoms. The second-order valence-corrected chi connectivity index (χ2v) is 8.61. The fraction of sp³-hybridized carbons (Fsp3) is 0.476. The van der Waals surface area contributed by atoms with Gasteiger partial charge in [-0.3, -0.25) is 9.78 Å². The lowest BCUT2D eigenvalue weighted by molar-refractivity contribution is -0.144. The summed E-state index contributed by atoms with van der Waals surface area (Å²) in [4.78, 5) is 18.8. The minimum absolute atomic E-state index is 0.0551. The Kier molecular flexibility index (Phi) is 6.57. The van der Waals surface area contributed by atoms with Crippen molar-refractivity contribution in [3.63, 3.8) is 0 Å². The third-order valence-corrected chi connectivity index (χ3v) is 4.93. The third kappa shape index (κ3) is 4.62. The maximum atomic E-state index is 14.0. The number of halogens is 4. The number of aromatic nitrogens is 2. The van der Waals surface area contributed by atoms with Crippen LogP contribution in [0.15, 0.2) is 18.3 Å². The molecule has 0 aromatic carbocycles. The summed E-state index contributed by atoms with van der Waals surface area (Å²) in [5, 5.41) is 9.62. The predicted molar refractivity (Wildman–Crippen MR) is 109 cm³/mol. The van der Waals surface area contributed by atoms with Crippen LogP contribution in [0, 0.1) is 23.7 Å². The Bertz CT molecular complexity index is 986. The largest absolute Gasteiger partial charge is 0.431 e. The highest BCUT2D eigenvalue weighted by molar-refractivity contribution is 6.30. The van der Waals surface area contributed by atoms with Crippen molar-refractivity contribution in [3.05, 3.63) is 40.3 Å². The zero-order valence-corrected chi connectivity index (χ0v) is 18.5. The Morgan fingerprint density at radius 1 is 1.33 bits per heavy atom. The Hall–Kier alpha value is -2.53. The Morgan fingerprint density at radius 3 is 2.37 bits per heavy atom.